The highest BCUT2D eigenvalue weighted by atomic mass is 16.5. The van der Waals surface area contributed by atoms with Gasteiger partial charge in [0, 0.05) is 68.8 Å². The number of primary amides is 1. The number of rotatable bonds is 8. The molecule has 3 aliphatic rings. The summed E-state index contributed by atoms with van der Waals surface area (Å²) in [5.74, 6) is 0.640. The fourth-order valence-corrected chi connectivity index (χ4v) is 6.48. The monoisotopic (exact) mass is 569 g/mol. The number of hydrogen-bond donors (Lipinski definition) is 1. The molecule has 0 spiro atoms. The number of likely N-dealkylation sites (tertiary alicyclic amines) is 1. The lowest BCUT2D eigenvalue weighted by Crippen LogP contribution is -2.48. The maximum atomic E-state index is 13.9. The van der Waals surface area contributed by atoms with E-state index < -0.39 is 5.91 Å². The Balaban J connectivity index is 1.08. The number of piperidine rings is 1. The predicted molar refractivity (Wildman–Crippen MR) is 159 cm³/mol. The van der Waals surface area contributed by atoms with E-state index >= 15 is 0 Å². The molecule has 42 heavy (non-hydrogen) atoms. The van der Waals surface area contributed by atoms with Crippen LogP contribution in [0, 0.1) is 6.92 Å². The Morgan fingerprint density at radius 3 is 2.33 bits per heavy atom. The van der Waals surface area contributed by atoms with E-state index in [4.69, 9.17) is 15.2 Å². The minimum Gasteiger partial charge on any atom is -0.439 e. The topological polar surface area (TPSA) is 101 Å². The molecule has 3 amide bonds. The van der Waals surface area contributed by atoms with E-state index in [0.29, 0.717) is 17.2 Å². The predicted octanol–water partition coefficient (Wildman–Crippen LogP) is 4.90. The van der Waals surface area contributed by atoms with Gasteiger partial charge in [-0.25, -0.2) is 9.78 Å². The minimum atomic E-state index is -0.469. The molecule has 1 unspecified atom stereocenters. The number of hydrogen-bond acceptors (Lipinski definition) is 6. The van der Waals surface area contributed by atoms with Gasteiger partial charge < -0.3 is 25.0 Å². The molecule has 2 N–H and O–H groups in total. The fourth-order valence-electron chi connectivity index (χ4n) is 6.48. The van der Waals surface area contributed by atoms with Gasteiger partial charge in [-0.2, -0.15) is 0 Å². The first kappa shape index (κ1) is 28.2. The maximum absolute atomic E-state index is 13.9. The molecule has 0 aliphatic carbocycles. The zero-order valence-electron chi connectivity index (χ0n) is 24.2. The van der Waals surface area contributed by atoms with Gasteiger partial charge >= 0.3 is 6.03 Å². The van der Waals surface area contributed by atoms with Gasteiger partial charge in [0.25, 0.3) is 0 Å². The number of amides is 3. The van der Waals surface area contributed by atoms with Gasteiger partial charge in [0.15, 0.2) is 0 Å². The van der Waals surface area contributed by atoms with Crippen molar-refractivity contribution in [2.24, 2.45) is 5.73 Å². The fraction of sp³-hybridized carbons (Fsp3) is 0.424. The molecule has 0 saturated carbocycles. The zero-order valence-corrected chi connectivity index (χ0v) is 24.2. The van der Waals surface area contributed by atoms with Crippen LogP contribution in [0.1, 0.15) is 58.9 Å². The third-order valence-electron chi connectivity index (χ3n) is 8.86. The number of aryl methyl sites for hydroxylation is 1. The molecule has 0 radical (unpaired) electrons. The quantitative estimate of drug-likeness (QED) is 0.414. The average Bonchev–Trinajstić information content (AvgIpc) is 3.37. The summed E-state index contributed by atoms with van der Waals surface area (Å²) in [4.78, 5) is 36.6. The van der Waals surface area contributed by atoms with E-state index in [9.17, 15) is 9.59 Å². The lowest BCUT2D eigenvalue weighted by molar-refractivity contribution is 0.0493. The van der Waals surface area contributed by atoms with Crippen LogP contribution in [0.15, 0.2) is 66.7 Å². The van der Waals surface area contributed by atoms with Crippen molar-refractivity contribution in [2.45, 2.75) is 57.3 Å². The molecule has 9 heteroatoms. The number of carbonyl (C=O) groups excluding carboxylic acids is 2. The highest BCUT2D eigenvalue weighted by Gasteiger charge is 2.45. The second-order valence-electron chi connectivity index (χ2n) is 11.5. The third-order valence-corrected chi connectivity index (χ3v) is 8.86. The van der Waals surface area contributed by atoms with Crippen LogP contribution in [-0.4, -0.2) is 76.6 Å². The lowest BCUT2D eigenvalue weighted by Gasteiger charge is -2.39. The minimum absolute atomic E-state index is 0.0871. The molecule has 1 aromatic heterocycles. The Morgan fingerprint density at radius 1 is 0.952 bits per heavy atom. The summed E-state index contributed by atoms with van der Waals surface area (Å²) >= 11 is 0. The number of aromatic nitrogens is 1. The van der Waals surface area contributed by atoms with Crippen LogP contribution in [0.5, 0.6) is 11.6 Å². The summed E-state index contributed by atoms with van der Waals surface area (Å²) < 4.78 is 11.5. The molecule has 3 fully saturated rings. The Hall–Kier alpha value is -3.95. The average molecular weight is 570 g/mol. The number of carbonyl (C=O) groups is 2. The van der Waals surface area contributed by atoms with Crippen molar-refractivity contribution in [3.8, 4) is 11.6 Å². The highest BCUT2D eigenvalue weighted by molar-refractivity contribution is 5.92. The standard InChI is InChI=1S/C33H39N5O4/c1-23-26(9-12-31(35-23)42-29-10-7-25(8-11-29)32(34)39)21-36-17-13-28(14-18-36)38-30(24-5-3-2-4-6-24)22-37(33(38)40)27-15-19-41-20-16-27/h2-12,27-28,30H,13-22H2,1H3,(H2,34,39). The van der Waals surface area contributed by atoms with Crippen molar-refractivity contribution in [1.29, 1.82) is 0 Å². The van der Waals surface area contributed by atoms with Crippen molar-refractivity contribution < 1.29 is 19.1 Å². The van der Waals surface area contributed by atoms with Crippen LogP contribution >= 0.6 is 0 Å². The third kappa shape index (κ3) is 6.12. The molecule has 9 nitrogen and oxygen atoms in total. The second-order valence-corrected chi connectivity index (χ2v) is 11.5. The van der Waals surface area contributed by atoms with E-state index in [1.807, 2.05) is 19.1 Å². The normalized spacial score (nSPS) is 20.7. The Morgan fingerprint density at radius 2 is 1.67 bits per heavy atom. The van der Waals surface area contributed by atoms with Gasteiger partial charge in [-0.15, -0.1) is 0 Å². The van der Waals surface area contributed by atoms with Crippen LogP contribution in [0.2, 0.25) is 0 Å². The second kappa shape index (κ2) is 12.5. The van der Waals surface area contributed by atoms with Gasteiger partial charge in [0.2, 0.25) is 11.8 Å². The summed E-state index contributed by atoms with van der Waals surface area (Å²) in [5, 5.41) is 0. The van der Waals surface area contributed by atoms with Gasteiger partial charge in [-0.05, 0) is 68.0 Å². The Bertz CT molecular complexity index is 1390. The first-order valence-corrected chi connectivity index (χ1v) is 14.9. The molecular weight excluding hydrogens is 530 g/mol. The zero-order chi connectivity index (χ0) is 29.1. The Labute approximate surface area is 247 Å². The SMILES string of the molecule is Cc1nc(Oc2ccc(C(N)=O)cc2)ccc1CN1CCC(N2C(=O)N(C3CCOCC3)CC2c2ccccc2)CC1. The molecule has 6 rings (SSSR count). The van der Waals surface area contributed by atoms with Crippen LogP contribution < -0.4 is 10.5 Å². The lowest BCUT2D eigenvalue weighted by atomic mass is 9.98. The van der Waals surface area contributed by atoms with Gasteiger partial charge in [0.05, 0.1) is 6.04 Å². The number of urea groups is 1. The van der Waals surface area contributed by atoms with E-state index in [2.05, 4.69) is 50.0 Å². The maximum Gasteiger partial charge on any atom is 0.321 e. The molecular formula is C33H39N5O4. The molecule has 3 saturated heterocycles. The van der Waals surface area contributed by atoms with E-state index in [0.717, 1.165) is 76.3 Å². The van der Waals surface area contributed by atoms with Crippen LogP contribution in [0.4, 0.5) is 4.79 Å². The van der Waals surface area contributed by atoms with E-state index in [1.165, 1.54) is 5.56 Å². The molecule has 2 aromatic carbocycles. The van der Waals surface area contributed by atoms with Crippen LogP contribution in [0.25, 0.3) is 0 Å². The molecule has 1 atom stereocenters. The van der Waals surface area contributed by atoms with Gasteiger partial charge in [-0.1, -0.05) is 36.4 Å². The molecule has 3 aromatic rings. The first-order chi connectivity index (χ1) is 20.5. The van der Waals surface area contributed by atoms with Crippen LogP contribution in [0.3, 0.4) is 0 Å². The molecule has 3 aliphatic heterocycles. The van der Waals surface area contributed by atoms with E-state index in [1.54, 1.807) is 24.3 Å². The molecule has 4 heterocycles. The number of pyridine rings is 1. The van der Waals surface area contributed by atoms with Crippen molar-refractivity contribution in [2.75, 3.05) is 32.8 Å². The summed E-state index contributed by atoms with van der Waals surface area (Å²) in [6.45, 7) is 6.88. The first-order valence-electron chi connectivity index (χ1n) is 14.9. The van der Waals surface area contributed by atoms with Crippen LogP contribution in [-0.2, 0) is 11.3 Å². The smallest absolute Gasteiger partial charge is 0.321 e. The van der Waals surface area contributed by atoms with Gasteiger partial charge in [-0.3, -0.25) is 9.69 Å². The Kier molecular flexibility index (Phi) is 8.39. The highest BCUT2D eigenvalue weighted by Crippen LogP contribution is 2.37. The summed E-state index contributed by atoms with van der Waals surface area (Å²) in [5.41, 5.74) is 9.06. The van der Waals surface area contributed by atoms with Crippen molar-refractivity contribution in [1.82, 2.24) is 19.7 Å². The molecule has 220 valence electrons. The number of ether oxygens (including phenoxy) is 2. The van der Waals surface area contributed by atoms with Crippen molar-refractivity contribution in [3.05, 3.63) is 89.1 Å². The summed E-state index contributed by atoms with van der Waals surface area (Å²) in [7, 11) is 0. The van der Waals surface area contributed by atoms with E-state index in [-0.39, 0.29) is 24.2 Å². The number of benzene rings is 2. The molecule has 0 bridgehead atoms. The number of nitrogens with two attached hydrogens (primary N) is 1. The number of nitrogens with zero attached hydrogens (tertiary/aromatic N) is 4. The van der Waals surface area contributed by atoms with Crippen molar-refractivity contribution in [3.63, 3.8) is 0 Å². The largest absolute Gasteiger partial charge is 0.439 e. The summed E-state index contributed by atoms with van der Waals surface area (Å²) in [6.07, 6.45) is 3.73. The van der Waals surface area contributed by atoms with Gasteiger partial charge in [0.1, 0.15) is 5.75 Å². The summed E-state index contributed by atoms with van der Waals surface area (Å²) in [6, 6.07) is 21.9. The van der Waals surface area contributed by atoms with Crippen molar-refractivity contribution >= 4 is 11.9 Å².